The summed E-state index contributed by atoms with van der Waals surface area (Å²) in [4.78, 5) is 92.9. The van der Waals surface area contributed by atoms with Gasteiger partial charge in [0.25, 0.3) is 0 Å². The minimum Gasteiger partial charge on any atom is -0.477 e. The quantitative estimate of drug-likeness (QED) is 0.0340. The van der Waals surface area contributed by atoms with Gasteiger partial charge in [-0.2, -0.15) is 19.7 Å². The zero-order chi connectivity index (χ0) is 80.4. The van der Waals surface area contributed by atoms with Gasteiger partial charge in [-0.3, -0.25) is 9.97 Å². The van der Waals surface area contributed by atoms with Crippen LogP contribution in [-0.2, 0) is 72.4 Å². The molecule has 31 heteroatoms. The maximum absolute atomic E-state index is 13.9. The molecule has 13 aromatic rings. The summed E-state index contributed by atoms with van der Waals surface area (Å²) < 4.78 is 63.3. The zero-order valence-corrected chi connectivity index (χ0v) is 66.6. The fourth-order valence-electron chi connectivity index (χ4n) is 13.0. The van der Waals surface area contributed by atoms with E-state index < -0.39 is 40.6 Å². The summed E-state index contributed by atoms with van der Waals surface area (Å²) in [5, 5.41) is 7.87. The molecule has 16 rings (SSSR count). The van der Waals surface area contributed by atoms with Crippen LogP contribution < -0.4 is 24.1 Å². The highest BCUT2D eigenvalue weighted by molar-refractivity contribution is 6.35. The molecule has 0 bridgehead atoms. The Morgan fingerprint density at radius 1 is 0.491 bits per heavy atom. The van der Waals surface area contributed by atoms with E-state index in [1.165, 1.54) is 57.2 Å². The van der Waals surface area contributed by atoms with Crippen molar-refractivity contribution < 1.29 is 56.2 Å². The first-order chi connectivity index (χ1) is 54.6. The summed E-state index contributed by atoms with van der Waals surface area (Å²) in [6, 6.07) is 28.9. The summed E-state index contributed by atoms with van der Waals surface area (Å²) in [6.07, 6.45) is 17.3. The molecule has 4 N–H and O–H groups in total. The molecule has 590 valence electrons. The number of carbonyl (C=O) groups excluding carboxylic acids is 3. The maximum Gasteiger partial charge on any atom is 0.602 e. The number of amides is 2. The third-order valence-electron chi connectivity index (χ3n) is 18.2. The highest BCUT2D eigenvalue weighted by Gasteiger charge is 2.33. The number of hydrogen-bond acceptors (Lipinski definition) is 20. The van der Waals surface area contributed by atoms with Crippen molar-refractivity contribution in [1.82, 2.24) is 79.9 Å². The van der Waals surface area contributed by atoms with Crippen molar-refractivity contribution in [2.24, 2.45) is 0 Å². The molecule has 0 spiro atoms. The SMILES string of the molecule is CC(C)(C)OC(=O)N1CCc2c(nc(-c3cncc(F)c3)nc2OCCc2c[nH]c3ccccc23)C1.CC(C)(C)OC(=O)N1CCc2c(nc(Cl)nc2OCCc2c[nH]c3ccccc23)C1.CC(C)(C)OC(=O)[n+]1ccc2c(Cl)nc(Cl)nc2c1.Fc1cncc(-c2nc3c(c(OCCc4c[nH]c5ccccc45)n2)CCNC3)c1. The van der Waals surface area contributed by atoms with Crippen LogP contribution in [0.15, 0.2) is 147 Å². The van der Waals surface area contributed by atoms with Crippen molar-refractivity contribution in [3.8, 4) is 40.4 Å². The van der Waals surface area contributed by atoms with Gasteiger partial charge in [0.05, 0.1) is 62.4 Å². The van der Waals surface area contributed by atoms with Crippen molar-refractivity contribution in [3.05, 3.63) is 225 Å². The van der Waals surface area contributed by atoms with Crippen molar-refractivity contribution in [2.75, 3.05) is 39.5 Å². The minimum atomic E-state index is -0.599. The number of halogens is 5. The number of benzene rings is 3. The number of rotatable bonds is 14. The summed E-state index contributed by atoms with van der Waals surface area (Å²) in [5.41, 5.74) is 11.6. The number of pyridine rings is 3. The lowest BCUT2D eigenvalue weighted by molar-refractivity contribution is -0.587. The normalized spacial score (nSPS) is 13.3. The first kappa shape index (κ1) is 80.5. The van der Waals surface area contributed by atoms with Crippen LogP contribution in [0.2, 0.25) is 15.7 Å². The van der Waals surface area contributed by atoms with Gasteiger partial charge in [-0.1, -0.05) is 70.8 Å². The third-order valence-corrected chi connectivity index (χ3v) is 18.8. The van der Waals surface area contributed by atoms with E-state index in [4.69, 9.17) is 63.2 Å². The van der Waals surface area contributed by atoms with Gasteiger partial charge in [-0.15, -0.1) is 0 Å². The van der Waals surface area contributed by atoms with Crippen LogP contribution in [0.3, 0.4) is 0 Å². The number of fused-ring (bicyclic) bond motifs is 7. The Balaban J connectivity index is 0.000000135. The van der Waals surface area contributed by atoms with Crippen LogP contribution in [-0.4, -0.2) is 149 Å². The van der Waals surface area contributed by atoms with E-state index in [-0.39, 0.29) is 28.4 Å². The molecule has 0 radical (unpaired) electrons. The number of H-pyrrole nitrogens is 3. The van der Waals surface area contributed by atoms with E-state index in [1.54, 1.807) is 49.0 Å². The van der Waals surface area contributed by atoms with Gasteiger partial charge in [-0.05, 0) is 158 Å². The summed E-state index contributed by atoms with van der Waals surface area (Å²) >= 11 is 17.8. The number of para-hydroxylation sites is 3. The number of nitrogens with one attached hydrogen (secondary N) is 4. The van der Waals surface area contributed by atoms with E-state index in [0.29, 0.717) is 128 Å². The largest absolute Gasteiger partial charge is 0.602 e. The first-order valence-corrected chi connectivity index (χ1v) is 38.3. The van der Waals surface area contributed by atoms with Gasteiger partial charge >= 0.3 is 18.3 Å². The average Bonchev–Trinajstić information content (AvgIpc) is 1.55. The highest BCUT2D eigenvalue weighted by Crippen LogP contribution is 2.34. The molecule has 0 saturated carbocycles. The molecule has 0 aliphatic carbocycles. The van der Waals surface area contributed by atoms with Gasteiger partial charge in [0, 0.05) is 142 Å². The van der Waals surface area contributed by atoms with Crippen LogP contribution in [0.25, 0.3) is 66.4 Å². The monoisotopic (exact) mass is 1610 g/mol. The Bertz CT molecular complexity index is 5670. The van der Waals surface area contributed by atoms with E-state index in [9.17, 15) is 23.2 Å². The lowest BCUT2D eigenvalue weighted by Crippen LogP contribution is -2.46. The maximum atomic E-state index is 13.9. The fourth-order valence-corrected chi connectivity index (χ4v) is 13.6. The van der Waals surface area contributed by atoms with Crippen LogP contribution in [0.5, 0.6) is 17.6 Å². The molecule has 3 aromatic carbocycles. The Morgan fingerprint density at radius 3 is 1.39 bits per heavy atom. The molecule has 0 saturated heterocycles. The van der Waals surface area contributed by atoms with Crippen molar-refractivity contribution in [1.29, 1.82) is 0 Å². The second kappa shape index (κ2) is 35.2. The Kier molecular flexibility index (Phi) is 24.8. The van der Waals surface area contributed by atoms with Crippen molar-refractivity contribution in [2.45, 2.75) is 137 Å². The lowest BCUT2D eigenvalue weighted by Gasteiger charge is -2.31. The molecule has 3 aliphatic rings. The standard InChI is InChI=1S/C27H28FN5O3.C22H25ClN4O3.C22H20FN5O.C12H12Cl2N3O2/c1-27(2,3)36-26(34)33-10-8-21-23(16-33)31-24(18-12-19(28)15-29-13-18)32-25(21)35-11-9-17-14-30-22-7-5-4-6-20(17)22;1-22(2,3)30-21(28)27-10-8-16-18(13-27)25-20(23)26-19(16)29-11-9-14-12-24-17-7-5-4-6-15(14)17;23-16-9-15(10-25-12-16)21-27-20-13-24-7-5-18(20)22(28-21)29-8-6-14-11-26-19-4-2-1-3-17(14)19;1-12(2,3)19-11(18)17-5-4-7-8(6-17)15-10(14)16-9(7)13/h4-7,12-15,30H,8-11,16H2,1-3H3;4-7,12,24H,8-11,13H2,1-3H3;1-4,9-12,24,26H,5-8,13H2;4-6H,1-3H3/q;;;+1. The van der Waals surface area contributed by atoms with Crippen LogP contribution in [0.1, 0.15) is 113 Å². The van der Waals surface area contributed by atoms with E-state index in [0.717, 1.165) is 81.9 Å². The minimum absolute atomic E-state index is 0.0273. The van der Waals surface area contributed by atoms with Crippen LogP contribution >= 0.6 is 34.8 Å². The Morgan fingerprint density at radius 2 is 0.921 bits per heavy atom. The fraction of sp³-hybridized carbons (Fsp3) is 0.325. The summed E-state index contributed by atoms with van der Waals surface area (Å²) in [7, 11) is 0. The molecular weight excluding hydrogens is 1520 g/mol. The van der Waals surface area contributed by atoms with Gasteiger partial charge in [0.15, 0.2) is 17.8 Å². The highest BCUT2D eigenvalue weighted by atomic mass is 35.5. The van der Waals surface area contributed by atoms with E-state index in [2.05, 4.69) is 100 Å². The van der Waals surface area contributed by atoms with Gasteiger partial charge < -0.3 is 58.5 Å². The van der Waals surface area contributed by atoms with Crippen molar-refractivity contribution >= 4 is 96.7 Å². The number of hydrogen-bond donors (Lipinski definition) is 4. The molecule has 2 amide bonds. The third kappa shape index (κ3) is 20.6. The predicted octanol–water partition coefficient (Wildman–Crippen LogP) is 16.0. The topological polar surface area (TPSA) is 305 Å². The van der Waals surface area contributed by atoms with E-state index in [1.807, 2.05) is 103 Å². The number of carbonyl (C=O) groups is 3. The first-order valence-electron chi connectivity index (χ1n) is 37.1. The summed E-state index contributed by atoms with van der Waals surface area (Å²) in [6.45, 7) is 20.9. The number of ether oxygens (including phenoxy) is 6. The zero-order valence-electron chi connectivity index (χ0n) is 64.3. The van der Waals surface area contributed by atoms with Gasteiger partial charge in [0.1, 0.15) is 39.1 Å². The Labute approximate surface area is 670 Å². The average molecular weight is 1610 g/mol. The molecule has 0 unspecified atom stereocenters. The lowest BCUT2D eigenvalue weighted by atomic mass is 10.1. The van der Waals surface area contributed by atoms with Crippen molar-refractivity contribution in [3.63, 3.8) is 0 Å². The predicted molar refractivity (Wildman–Crippen MR) is 427 cm³/mol. The number of aromatic amines is 3. The molecule has 3 aliphatic heterocycles. The Hall–Kier alpha value is -11.6. The second-order valence-electron chi connectivity index (χ2n) is 30.1. The van der Waals surface area contributed by atoms with Crippen LogP contribution in [0, 0.1) is 11.6 Å². The molecule has 13 heterocycles. The second-order valence-corrected chi connectivity index (χ2v) is 31.1. The smallest absolute Gasteiger partial charge is 0.477 e. The molecule has 0 atom stereocenters. The number of nitrogens with zero attached hydrogens (tertiary/aromatic N) is 13. The molecule has 26 nitrogen and oxygen atoms in total. The van der Waals surface area contributed by atoms with E-state index >= 15 is 0 Å². The molecular formula is C83H85Cl3F2N17O9+. The molecule has 114 heavy (non-hydrogen) atoms. The summed E-state index contributed by atoms with van der Waals surface area (Å²) in [5.74, 6) is 1.36. The number of aromatic nitrogens is 14. The van der Waals surface area contributed by atoms with Gasteiger partial charge in [-0.25, -0.2) is 43.3 Å². The van der Waals surface area contributed by atoms with Crippen LogP contribution in [0.4, 0.5) is 23.2 Å². The molecule has 0 fully saturated rings. The molecule has 10 aromatic heterocycles. The van der Waals surface area contributed by atoms with Gasteiger partial charge in [0.2, 0.25) is 34.4 Å².